The molecular weight excluding hydrogens is 412 g/mol. The highest BCUT2D eigenvalue weighted by atomic mass is 32.1. The van der Waals surface area contributed by atoms with Crippen LogP contribution in [0.5, 0.6) is 17.2 Å². The number of ether oxygens (including phenoxy) is 3. The van der Waals surface area contributed by atoms with Crippen molar-refractivity contribution in [1.82, 2.24) is 15.0 Å². The van der Waals surface area contributed by atoms with Crippen molar-refractivity contribution in [1.29, 1.82) is 0 Å². The maximum Gasteiger partial charge on any atom is 0.203 e. The number of methoxy groups -OCH3 is 3. The molecule has 0 fully saturated rings. The third kappa shape index (κ3) is 4.11. The van der Waals surface area contributed by atoms with E-state index in [1.807, 2.05) is 38.2 Å². The van der Waals surface area contributed by atoms with Crippen molar-refractivity contribution in [2.24, 2.45) is 0 Å². The molecule has 160 valence electrons. The Labute approximate surface area is 185 Å². The fourth-order valence-electron chi connectivity index (χ4n) is 3.57. The van der Waals surface area contributed by atoms with E-state index in [-0.39, 0.29) is 0 Å². The molecule has 31 heavy (non-hydrogen) atoms. The number of fused-ring (bicyclic) bond motifs is 1. The molecule has 0 unspecified atom stereocenters. The molecule has 0 bridgehead atoms. The first-order valence-corrected chi connectivity index (χ1v) is 10.6. The van der Waals surface area contributed by atoms with Crippen LogP contribution in [0.3, 0.4) is 0 Å². The van der Waals surface area contributed by atoms with Crippen molar-refractivity contribution in [3.05, 3.63) is 52.7 Å². The number of hydrogen-bond donors (Lipinski definition) is 0. The summed E-state index contributed by atoms with van der Waals surface area (Å²) in [7, 11) is 6.84. The molecule has 0 saturated carbocycles. The fourth-order valence-corrected chi connectivity index (χ4v) is 4.18. The summed E-state index contributed by atoms with van der Waals surface area (Å²) in [4.78, 5) is 15.7. The number of hydrogen-bond acceptors (Lipinski definition) is 8. The average molecular weight is 437 g/mol. The zero-order valence-electron chi connectivity index (χ0n) is 18.2. The first-order valence-electron chi connectivity index (χ1n) is 9.71. The number of aryl methyl sites for hydroxylation is 1. The molecular formula is C23H24N4O3S. The summed E-state index contributed by atoms with van der Waals surface area (Å²) < 4.78 is 16.5. The van der Waals surface area contributed by atoms with Gasteiger partial charge >= 0.3 is 0 Å². The third-order valence-corrected chi connectivity index (χ3v) is 5.86. The van der Waals surface area contributed by atoms with Crippen LogP contribution in [0, 0.1) is 6.92 Å². The fraction of sp³-hybridized carbons (Fsp3) is 0.261. The van der Waals surface area contributed by atoms with Crippen LogP contribution in [-0.4, -0.2) is 43.3 Å². The minimum atomic E-state index is 0.567. The van der Waals surface area contributed by atoms with Crippen molar-refractivity contribution in [3.8, 4) is 28.4 Å². The molecule has 0 spiro atoms. The Balaban J connectivity index is 1.78. The first-order chi connectivity index (χ1) is 15.0. The smallest absolute Gasteiger partial charge is 0.203 e. The molecule has 0 radical (unpaired) electrons. The van der Waals surface area contributed by atoms with Gasteiger partial charge in [0.05, 0.1) is 44.1 Å². The maximum atomic E-state index is 5.51. The van der Waals surface area contributed by atoms with Crippen LogP contribution in [0.1, 0.15) is 10.7 Å². The summed E-state index contributed by atoms with van der Waals surface area (Å²) >= 11 is 1.65. The zero-order valence-corrected chi connectivity index (χ0v) is 19.0. The summed E-state index contributed by atoms with van der Waals surface area (Å²) in [5.41, 5.74) is 3.85. The van der Waals surface area contributed by atoms with E-state index >= 15 is 0 Å². The van der Waals surface area contributed by atoms with Gasteiger partial charge in [-0.25, -0.2) is 15.0 Å². The number of nitrogens with zero attached hydrogens (tertiary/aromatic N) is 4. The molecule has 2 aromatic carbocycles. The van der Waals surface area contributed by atoms with Gasteiger partial charge in [0.1, 0.15) is 12.1 Å². The molecule has 2 aromatic heterocycles. The van der Waals surface area contributed by atoms with Gasteiger partial charge in [-0.05, 0) is 42.3 Å². The molecule has 0 N–H and O–H groups in total. The van der Waals surface area contributed by atoms with Crippen LogP contribution in [0.15, 0.2) is 42.0 Å². The van der Waals surface area contributed by atoms with Crippen molar-refractivity contribution >= 4 is 28.1 Å². The number of anilines is 1. The second kappa shape index (κ2) is 8.77. The molecule has 8 heteroatoms. The van der Waals surface area contributed by atoms with E-state index in [2.05, 4.69) is 31.3 Å². The Morgan fingerprint density at radius 3 is 2.29 bits per heavy atom. The molecule has 4 aromatic rings. The molecule has 2 heterocycles. The van der Waals surface area contributed by atoms with Gasteiger partial charge in [0, 0.05) is 17.8 Å². The van der Waals surface area contributed by atoms with Gasteiger partial charge in [0.15, 0.2) is 11.5 Å². The van der Waals surface area contributed by atoms with Gasteiger partial charge in [0.25, 0.3) is 0 Å². The van der Waals surface area contributed by atoms with Crippen LogP contribution in [-0.2, 0) is 6.54 Å². The monoisotopic (exact) mass is 436 g/mol. The lowest BCUT2D eigenvalue weighted by atomic mass is 10.0. The maximum absolute atomic E-state index is 5.51. The van der Waals surface area contributed by atoms with Gasteiger partial charge in [0.2, 0.25) is 5.75 Å². The van der Waals surface area contributed by atoms with Crippen molar-refractivity contribution in [2.45, 2.75) is 13.5 Å². The molecule has 4 rings (SSSR count). The van der Waals surface area contributed by atoms with E-state index in [4.69, 9.17) is 14.2 Å². The molecule has 0 aliphatic carbocycles. The molecule has 0 saturated heterocycles. The molecule has 0 atom stereocenters. The molecule has 0 amide bonds. The largest absolute Gasteiger partial charge is 0.493 e. The number of rotatable bonds is 7. The highest BCUT2D eigenvalue weighted by Gasteiger charge is 2.16. The Morgan fingerprint density at radius 1 is 0.935 bits per heavy atom. The minimum absolute atomic E-state index is 0.567. The molecule has 7 nitrogen and oxygen atoms in total. The molecule has 0 aliphatic heterocycles. The van der Waals surface area contributed by atoms with Crippen LogP contribution >= 0.6 is 11.3 Å². The van der Waals surface area contributed by atoms with Gasteiger partial charge < -0.3 is 19.1 Å². The summed E-state index contributed by atoms with van der Waals surface area (Å²) in [6.45, 7) is 2.68. The van der Waals surface area contributed by atoms with Crippen LogP contribution in [0.2, 0.25) is 0 Å². The van der Waals surface area contributed by atoms with E-state index in [9.17, 15) is 0 Å². The van der Waals surface area contributed by atoms with E-state index in [1.54, 1.807) is 39.0 Å². The van der Waals surface area contributed by atoms with E-state index in [0.717, 1.165) is 38.5 Å². The number of thiazole rings is 1. The minimum Gasteiger partial charge on any atom is -0.493 e. The van der Waals surface area contributed by atoms with Crippen LogP contribution in [0.4, 0.5) is 5.82 Å². The zero-order chi connectivity index (χ0) is 22.0. The summed E-state index contributed by atoms with van der Waals surface area (Å²) in [5.74, 6) is 2.64. The highest BCUT2D eigenvalue weighted by molar-refractivity contribution is 7.09. The predicted octanol–water partition coefficient (Wildman–Crippen LogP) is 4.72. The van der Waals surface area contributed by atoms with Crippen molar-refractivity contribution < 1.29 is 14.2 Å². The summed E-state index contributed by atoms with van der Waals surface area (Å²) in [5, 5.41) is 4.10. The van der Waals surface area contributed by atoms with Gasteiger partial charge in [-0.2, -0.15) is 0 Å². The lowest BCUT2D eigenvalue weighted by Crippen LogP contribution is -2.18. The Hall–Kier alpha value is -3.39. The Bertz CT molecular complexity index is 1200. The SMILES string of the molecule is COc1cc(-c2ccc3ncnc(N(C)Cc4csc(C)n4)c3c2)cc(OC)c1OC. The van der Waals surface area contributed by atoms with Gasteiger partial charge in [-0.1, -0.05) is 6.07 Å². The van der Waals surface area contributed by atoms with Gasteiger partial charge in [-0.3, -0.25) is 0 Å². The highest BCUT2D eigenvalue weighted by Crippen LogP contribution is 2.41. The lowest BCUT2D eigenvalue weighted by Gasteiger charge is -2.19. The predicted molar refractivity (Wildman–Crippen MR) is 124 cm³/mol. The van der Waals surface area contributed by atoms with E-state index < -0.39 is 0 Å². The first kappa shape index (κ1) is 20.9. The van der Waals surface area contributed by atoms with Crippen molar-refractivity contribution in [2.75, 3.05) is 33.3 Å². The Morgan fingerprint density at radius 2 is 1.68 bits per heavy atom. The average Bonchev–Trinajstić information content (AvgIpc) is 3.21. The number of benzene rings is 2. The van der Waals surface area contributed by atoms with Gasteiger partial charge in [-0.15, -0.1) is 11.3 Å². The van der Waals surface area contributed by atoms with Crippen LogP contribution < -0.4 is 19.1 Å². The van der Waals surface area contributed by atoms with E-state index in [0.29, 0.717) is 23.8 Å². The van der Waals surface area contributed by atoms with Crippen LogP contribution in [0.25, 0.3) is 22.0 Å². The number of aromatic nitrogens is 3. The Kier molecular flexibility index (Phi) is 5.90. The summed E-state index contributed by atoms with van der Waals surface area (Å²) in [6.07, 6.45) is 1.60. The third-order valence-electron chi connectivity index (χ3n) is 5.04. The lowest BCUT2D eigenvalue weighted by molar-refractivity contribution is 0.324. The quantitative estimate of drug-likeness (QED) is 0.415. The molecule has 0 aliphatic rings. The normalized spacial score (nSPS) is 10.9. The summed E-state index contributed by atoms with van der Waals surface area (Å²) in [6, 6.07) is 10.00. The topological polar surface area (TPSA) is 69.6 Å². The second-order valence-electron chi connectivity index (χ2n) is 7.06. The van der Waals surface area contributed by atoms with Crippen molar-refractivity contribution in [3.63, 3.8) is 0 Å². The second-order valence-corrected chi connectivity index (χ2v) is 8.12. The van der Waals surface area contributed by atoms with E-state index in [1.165, 1.54) is 0 Å². The standard InChI is InChI=1S/C23H24N4O3S/c1-14-26-17(12-31-14)11-27(2)23-18-8-15(6-7-19(18)24-13-25-23)16-9-20(28-3)22(30-5)21(10-16)29-4/h6-10,12-13H,11H2,1-5H3.